The van der Waals surface area contributed by atoms with Crippen LogP contribution in [0.5, 0.6) is 11.5 Å². The molecule has 38 heavy (non-hydrogen) atoms. The SMILES string of the molecule is Cc1ccc(Cn2c(-c3ccc(Oc4ccc(C(C)C)cc4)cc3)cc(C(F)(F)F)c(C#N)c2=O)c(C)c1. The van der Waals surface area contributed by atoms with Gasteiger partial charge in [-0.15, -0.1) is 0 Å². The number of rotatable bonds is 6. The van der Waals surface area contributed by atoms with E-state index in [-0.39, 0.29) is 12.2 Å². The summed E-state index contributed by atoms with van der Waals surface area (Å²) in [4.78, 5) is 13.2. The van der Waals surface area contributed by atoms with Crippen molar-refractivity contribution in [1.82, 2.24) is 4.57 Å². The third kappa shape index (κ3) is 5.65. The number of ether oxygens (including phenoxy) is 1. The van der Waals surface area contributed by atoms with E-state index in [1.165, 1.54) is 16.2 Å². The lowest BCUT2D eigenvalue weighted by Crippen LogP contribution is -2.29. The molecule has 0 fully saturated rings. The molecule has 7 heteroatoms. The lowest BCUT2D eigenvalue weighted by molar-refractivity contribution is -0.137. The van der Waals surface area contributed by atoms with Crippen molar-refractivity contribution in [3.05, 3.63) is 117 Å². The molecule has 0 aliphatic heterocycles. The molecule has 0 aliphatic carbocycles. The van der Waals surface area contributed by atoms with Gasteiger partial charge in [0.25, 0.3) is 5.56 Å². The molecule has 0 N–H and O–H groups in total. The summed E-state index contributed by atoms with van der Waals surface area (Å²) in [5.74, 6) is 1.52. The molecule has 0 saturated heterocycles. The summed E-state index contributed by atoms with van der Waals surface area (Å²) in [6.45, 7) is 8.03. The molecule has 0 spiro atoms. The Balaban J connectivity index is 1.78. The maximum absolute atomic E-state index is 13.8. The van der Waals surface area contributed by atoms with Crippen LogP contribution in [0, 0.1) is 25.2 Å². The van der Waals surface area contributed by atoms with Crippen LogP contribution in [0.2, 0.25) is 0 Å². The highest BCUT2D eigenvalue weighted by atomic mass is 19.4. The van der Waals surface area contributed by atoms with Crippen LogP contribution in [0.4, 0.5) is 13.2 Å². The number of alkyl halides is 3. The number of nitriles is 1. The van der Waals surface area contributed by atoms with Crippen LogP contribution in [-0.2, 0) is 12.7 Å². The molecule has 0 saturated carbocycles. The van der Waals surface area contributed by atoms with Crippen LogP contribution < -0.4 is 10.3 Å². The summed E-state index contributed by atoms with van der Waals surface area (Å²) < 4.78 is 48.7. The van der Waals surface area contributed by atoms with E-state index >= 15 is 0 Å². The predicted molar refractivity (Wildman–Crippen MR) is 141 cm³/mol. The topological polar surface area (TPSA) is 55.0 Å². The van der Waals surface area contributed by atoms with Gasteiger partial charge in [0.05, 0.1) is 17.8 Å². The largest absolute Gasteiger partial charge is 0.457 e. The lowest BCUT2D eigenvalue weighted by Gasteiger charge is -2.19. The number of nitrogens with zero attached hydrogens (tertiary/aromatic N) is 2. The van der Waals surface area contributed by atoms with Gasteiger partial charge in [0.2, 0.25) is 0 Å². The standard InChI is InChI=1S/C31H27F3N2O2/c1-19(2)22-7-11-25(12-8-22)38-26-13-9-23(10-14-26)29-16-28(31(32,33)34)27(17-35)30(37)36(29)18-24-6-5-20(3)15-21(24)4/h5-16,19H,18H2,1-4H3. The molecule has 0 aliphatic rings. The lowest BCUT2D eigenvalue weighted by atomic mass is 10.0. The number of benzene rings is 3. The summed E-state index contributed by atoms with van der Waals surface area (Å²) >= 11 is 0. The quantitative estimate of drug-likeness (QED) is 0.261. The Morgan fingerprint density at radius 1 is 0.921 bits per heavy atom. The zero-order valence-corrected chi connectivity index (χ0v) is 21.6. The zero-order chi connectivity index (χ0) is 27.6. The predicted octanol–water partition coefficient (Wildman–Crippen LogP) is 7.99. The van der Waals surface area contributed by atoms with Gasteiger partial charge in [-0.2, -0.15) is 18.4 Å². The molecule has 194 valence electrons. The summed E-state index contributed by atoms with van der Waals surface area (Å²) in [6, 6.07) is 22.2. The van der Waals surface area contributed by atoms with Crippen molar-refractivity contribution < 1.29 is 17.9 Å². The van der Waals surface area contributed by atoms with Gasteiger partial charge in [-0.05, 0) is 84.5 Å². The highest BCUT2D eigenvalue weighted by molar-refractivity contribution is 5.64. The fraction of sp³-hybridized carbons (Fsp3) is 0.226. The van der Waals surface area contributed by atoms with E-state index in [0.29, 0.717) is 23.0 Å². The summed E-state index contributed by atoms with van der Waals surface area (Å²) in [7, 11) is 0. The van der Waals surface area contributed by atoms with Gasteiger partial charge in [-0.3, -0.25) is 4.79 Å². The van der Waals surface area contributed by atoms with E-state index < -0.39 is 22.9 Å². The number of aromatic nitrogens is 1. The second-order valence-corrected chi connectivity index (χ2v) is 9.60. The molecule has 3 aromatic carbocycles. The number of hydrogen-bond acceptors (Lipinski definition) is 3. The molecule has 0 radical (unpaired) electrons. The van der Waals surface area contributed by atoms with Crippen LogP contribution >= 0.6 is 0 Å². The molecule has 1 heterocycles. The van der Waals surface area contributed by atoms with Crippen LogP contribution in [0.25, 0.3) is 11.3 Å². The molecule has 4 rings (SSSR count). The maximum atomic E-state index is 13.8. The van der Waals surface area contributed by atoms with E-state index in [1.807, 2.05) is 56.3 Å². The van der Waals surface area contributed by atoms with E-state index in [4.69, 9.17) is 4.74 Å². The van der Waals surface area contributed by atoms with E-state index in [9.17, 15) is 23.2 Å². The van der Waals surface area contributed by atoms with Gasteiger partial charge >= 0.3 is 6.18 Å². The molecule has 0 atom stereocenters. The molecule has 4 aromatic rings. The molecular weight excluding hydrogens is 489 g/mol. The van der Waals surface area contributed by atoms with Crippen molar-refractivity contribution in [3.63, 3.8) is 0 Å². The molecule has 0 unspecified atom stereocenters. The van der Waals surface area contributed by atoms with Crippen molar-refractivity contribution >= 4 is 0 Å². The number of halogens is 3. The van der Waals surface area contributed by atoms with Gasteiger partial charge in [0, 0.05) is 0 Å². The second kappa shape index (κ2) is 10.6. The minimum Gasteiger partial charge on any atom is -0.457 e. The minimum atomic E-state index is -4.86. The van der Waals surface area contributed by atoms with E-state index in [0.717, 1.165) is 22.8 Å². The monoisotopic (exact) mass is 516 g/mol. The van der Waals surface area contributed by atoms with Crippen molar-refractivity contribution in [2.24, 2.45) is 0 Å². The molecule has 0 amide bonds. The van der Waals surface area contributed by atoms with Gasteiger partial charge < -0.3 is 9.30 Å². The Labute approximate surface area is 219 Å². The van der Waals surface area contributed by atoms with Crippen LogP contribution in [0.15, 0.2) is 77.6 Å². The van der Waals surface area contributed by atoms with Crippen LogP contribution in [0.1, 0.15) is 53.1 Å². The third-order valence-corrected chi connectivity index (χ3v) is 6.48. The summed E-state index contributed by atoms with van der Waals surface area (Å²) in [5.41, 5.74) is 1.18. The fourth-order valence-corrected chi connectivity index (χ4v) is 4.32. The highest BCUT2D eigenvalue weighted by Crippen LogP contribution is 2.34. The molecule has 4 nitrogen and oxygen atoms in total. The number of aryl methyl sites for hydroxylation is 2. The first kappa shape index (κ1) is 26.7. The maximum Gasteiger partial charge on any atom is 0.417 e. The number of hydrogen-bond donors (Lipinski definition) is 0. The Morgan fingerprint density at radius 2 is 1.53 bits per heavy atom. The first-order valence-electron chi connectivity index (χ1n) is 12.2. The van der Waals surface area contributed by atoms with Gasteiger partial charge in [0.1, 0.15) is 23.1 Å². The van der Waals surface area contributed by atoms with Crippen LogP contribution in [0.3, 0.4) is 0 Å². The fourth-order valence-electron chi connectivity index (χ4n) is 4.32. The van der Waals surface area contributed by atoms with Crippen molar-refractivity contribution in [2.75, 3.05) is 0 Å². The second-order valence-electron chi connectivity index (χ2n) is 9.60. The normalized spacial score (nSPS) is 11.4. The Kier molecular flexibility index (Phi) is 7.45. The molecule has 1 aromatic heterocycles. The van der Waals surface area contributed by atoms with E-state index in [1.54, 1.807) is 24.3 Å². The highest BCUT2D eigenvalue weighted by Gasteiger charge is 2.36. The van der Waals surface area contributed by atoms with Gasteiger partial charge in [0.15, 0.2) is 0 Å². The van der Waals surface area contributed by atoms with Crippen molar-refractivity contribution in [3.8, 4) is 28.8 Å². The zero-order valence-electron chi connectivity index (χ0n) is 21.6. The molecule has 0 bridgehead atoms. The summed E-state index contributed by atoms with van der Waals surface area (Å²) in [6.07, 6.45) is -4.86. The average Bonchev–Trinajstić information content (AvgIpc) is 2.86. The Hall–Kier alpha value is -4.31. The smallest absolute Gasteiger partial charge is 0.417 e. The Morgan fingerprint density at radius 3 is 2.05 bits per heavy atom. The molecular formula is C31H27F3N2O2. The average molecular weight is 517 g/mol. The van der Waals surface area contributed by atoms with Gasteiger partial charge in [-0.25, -0.2) is 0 Å². The van der Waals surface area contributed by atoms with E-state index in [2.05, 4.69) is 13.8 Å². The Bertz CT molecular complexity index is 1560. The first-order valence-corrected chi connectivity index (χ1v) is 12.2. The van der Waals surface area contributed by atoms with Crippen molar-refractivity contribution in [2.45, 2.75) is 46.3 Å². The van der Waals surface area contributed by atoms with Gasteiger partial charge in [-0.1, -0.05) is 49.7 Å². The first-order chi connectivity index (χ1) is 18.0. The van der Waals surface area contributed by atoms with Crippen molar-refractivity contribution in [1.29, 1.82) is 5.26 Å². The van der Waals surface area contributed by atoms with Crippen LogP contribution in [-0.4, -0.2) is 4.57 Å². The number of pyridine rings is 1. The minimum absolute atomic E-state index is 0.0214. The summed E-state index contributed by atoms with van der Waals surface area (Å²) in [5, 5.41) is 9.45. The third-order valence-electron chi connectivity index (χ3n) is 6.48.